The van der Waals surface area contributed by atoms with Crippen molar-refractivity contribution in [2.75, 3.05) is 19.5 Å². The molecular formula is C19H19FN4O3S. The Hall–Kier alpha value is -3.20. The van der Waals surface area contributed by atoms with Crippen LogP contribution in [0.3, 0.4) is 0 Å². The summed E-state index contributed by atoms with van der Waals surface area (Å²) in [6, 6.07) is 11.0. The van der Waals surface area contributed by atoms with Crippen molar-refractivity contribution in [3.63, 3.8) is 0 Å². The van der Waals surface area contributed by atoms with E-state index in [1.165, 1.54) is 19.2 Å². The predicted octanol–water partition coefficient (Wildman–Crippen LogP) is 3.79. The first-order valence-electron chi connectivity index (χ1n) is 8.45. The standard InChI is InChI=1S/C19H19FN4O3S/c1-26-14-7-8-15(16(11-14)27-2)21-17(25)9-10-24-18(22-23-19(24)28)12-3-5-13(20)6-4-12/h3-8,11H,9-10H2,1-2H3,(H,21,25)(H,23,28). The molecule has 0 saturated carbocycles. The second kappa shape index (κ2) is 8.66. The summed E-state index contributed by atoms with van der Waals surface area (Å²) < 4.78 is 25.7. The van der Waals surface area contributed by atoms with E-state index in [2.05, 4.69) is 15.5 Å². The van der Waals surface area contributed by atoms with Crippen LogP contribution in [0.2, 0.25) is 0 Å². The average Bonchev–Trinajstić information content (AvgIpc) is 3.07. The molecule has 0 aliphatic rings. The van der Waals surface area contributed by atoms with Gasteiger partial charge in [-0.15, -0.1) is 0 Å². The van der Waals surface area contributed by atoms with E-state index in [1.54, 1.807) is 42.0 Å². The fraction of sp³-hybridized carbons (Fsp3) is 0.211. The largest absolute Gasteiger partial charge is 0.497 e. The Morgan fingerprint density at radius 3 is 2.64 bits per heavy atom. The number of H-pyrrole nitrogens is 1. The van der Waals surface area contributed by atoms with E-state index < -0.39 is 0 Å². The monoisotopic (exact) mass is 402 g/mol. The Labute approximate surface area is 166 Å². The molecule has 0 atom stereocenters. The van der Waals surface area contributed by atoms with Gasteiger partial charge in [-0.05, 0) is 48.6 Å². The van der Waals surface area contributed by atoms with Crippen LogP contribution in [-0.2, 0) is 11.3 Å². The molecule has 7 nitrogen and oxygen atoms in total. The molecule has 28 heavy (non-hydrogen) atoms. The van der Waals surface area contributed by atoms with Gasteiger partial charge in [-0.25, -0.2) is 4.39 Å². The normalized spacial score (nSPS) is 10.5. The molecule has 0 bridgehead atoms. The summed E-state index contributed by atoms with van der Waals surface area (Å²) in [5.41, 5.74) is 1.24. The molecule has 0 unspecified atom stereocenters. The van der Waals surface area contributed by atoms with E-state index in [9.17, 15) is 9.18 Å². The molecule has 0 spiro atoms. The van der Waals surface area contributed by atoms with Crippen LogP contribution in [-0.4, -0.2) is 34.9 Å². The number of aromatic amines is 1. The lowest BCUT2D eigenvalue weighted by molar-refractivity contribution is -0.116. The summed E-state index contributed by atoms with van der Waals surface area (Å²) in [5, 5.41) is 9.71. The van der Waals surface area contributed by atoms with E-state index in [-0.39, 0.29) is 18.1 Å². The van der Waals surface area contributed by atoms with Crippen molar-refractivity contribution in [2.45, 2.75) is 13.0 Å². The number of nitrogens with zero attached hydrogens (tertiary/aromatic N) is 2. The number of ether oxygens (including phenoxy) is 2. The number of nitrogens with one attached hydrogen (secondary N) is 2. The number of benzene rings is 2. The number of aromatic nitrogens is 3. The SMILES string of the molecule is COc1ccc(NC(=O)CCn2c(-c3ccc(F)cc3)n[nH]c2=S)c(OC)c1. The fourth-order valence-corrected chi connectivity index (χ4v) is 2.90. The molecule has 2 N–H and O–H groups in total. The van der Waals surface area contributed by atoms with Crippen LogP contribution >= 0.6 is 12.2 Å². The third-order valence-electron chi connectivity index (χ3n) is 4.11. The Balaban J connectivity index is 1.71. The highest BCUT2D eigenvalue weighted by Crippen LogP contribution is 2.29. The number of rotatable bonds is 7. The molecule has 0 aliphatic carbocycles. The average molecular weight is 402 g/mol. The van der Waals surface area contributed by atoms with Crippen LogP contribution in [0.4, 0.5) is 10.1 Å². The van der Waals surface area contributed by atoms with Gasteiger partial charge in [0.1, 0.15) is 17.3 Å². The Bertz CT molecular complexity index is 1030. The number of methoxy groups -OCH3 is 2. The van der Waals surface area contributed by atoms with Crippen LogP contribution < -0.4 is 14.8 Å². The van der Waals surface area contributed by atoms with Gasteiger partial charge in [0.25, 0.3) is 0 Å². The van der Waals surface area contributed by atoms with Crippen LogP contribution in [0, 0.1) is 10.6 Å². The lowest BCUT2D eigenvalue weighted by Gasteiger charge is -2.12. The van der Waals surface area contributed by atoms with Crippen molar-refractivity contribution in [2.24, 2.45) is 0 Å². The number of hydrogen-bond donors (Lipinski definition) is 2. The van der Waals surface area contributed by atoms with E-state index in [0.717, 1.165) is 0 Å². The smallest absolute Gasteiger partial charge is 0.226 e. The Kier molecular flexibility index (Phi) is 6.05. The van der Waals surface area contributed by atoms with Gasteiger partial charge < -0.3 is 14.8 Å². The highest BCUT2D eigenvalue weighted by molar-refractivity contribution is 7.71. The Morgan fingerprint density at radius 2 is 1.96 bits per heavy atom. The highest BCUT2D eigenvalue weighted by atomic mass is 32.1. The molecule has 0 radical (unpaired) electrons. The van der Waals surface area contributed by atoms with Crippen molar-refractivity contribution in [3.8, 4) is 22.9 Å². The van der Waals surface area contributed by atoms with Gasteiger partial charge in [0, 0.05) is 24.6 Å². The lowest BCUT2D eigenvalue weighted by atomic mass is 10.2. The number of carbonyl (C=O) groups is 1. The molecule has 0 aliphatic heterocycles. The van der Waals surface area contributed by atoms with Crippen LogP contribution in [0.15, 0.2) is 42.5 Å². The Morgan fingerprint density at radius 1 is 1.21 bits per heavy atom. The van der Waals surface area contributed by atoms with Crippen molar-refractivity contribution >= 4 is 23.8 Å². The molecule has 1 aromatic heterocycles. The highest BCUT2D eigenvalue weighted by Gasteiger charge is 2.13. The zero-order valence-electron chi connectivity index (χ0n) is 15.4. The third-order valence-corrected chi connectivity index (χ3v) is 4.42. The minimum absolute atomic E-state index is 0.164. The minimum atomic E-state index is -0.336. The van der Waals surface area contributed by atoms with Gasteiger partial charge in [-0.2, -0.15) is 5.10 Å². The van der Waals surface area contributed by atoms with Gasteiger partial charge in [0.05, 0.1) is 19.9 Å². The van der Waals surface area contributed by atoms with Gasteiger partial charge in [-0.1, -0.05) is 0 Å². The van der Waals surface area contributed by atoms with Crippen molar-refractivity contribution < 1.29 is 18.7 Å². The lowest BCUT2D eigenvalue weighted by Crippen LogP contribution is -2.15. The molecule has 1 heterocycles. The van der Waals surface area contributed by atoms with Gasteiger partial charge >= 0.3 is 0 Å². The van der Waals surface area contributed by atoms with Crippen LogP contribution in [0.1, 0.15) is 6.42 Å². The number of carbonyl (C=O) groups excluding carboxylic acids is 1. The molecule has 9 heteroatoms. The van der Waals surface area contributed by atoms with E-state index in [1.807, 2.05) is 0 Å². The summed E-state index contributed by atoms with van der Waals surface area (Å²) in [7, 11) is 3.07. The topological polar surface area (TPSA) is 81.2 Å². The summed E-state index contributed by atoms with van der Waals surface area (Å²) >= 11 is 5.25. The first-order chi connectivity index (χ1) is 13.5. The number of halogens is 1. The molecule has 3 rings (SSSR count). The maximum atomic E-state index is 13.2. The molecule has 0 saturated heterocycles. The zero-order valence-corrected chi connectivity index (χ0v) is 16.2. The van der Waals surface area contributed by atoms with Gasteiger partial charge in [-0.3, -0.25) is 14.5 Å². The summed E-state index contributed by atoms with van der Waals surface area (Å²) in [6.45, 7) is 0.312. The first-order valence-corrected chi connectivity index (χ1v) is 8.85. The second-order valence-electron chi connectivity index (χ2n) is 5.88. The van der Waals surface area contributed by atoms with Gasteiger partial charge in [0.15, 0.2) is 10.6 Å². The molecule has 146 valence electrons. The van der Waals surface area contributed by atoms with Gasteiger partial charge in [0.2, 0.25) is 5.91 Å². The molecule has 3 aromatic rings. The maximum absolute atomic E-state index is 13.2. The van der Waals surface area contributed by atoms with Crippen LogP contribution in [0.5, 0.6) is 11.5 Å². The van der Waals surface area contributed by atoms with E-state index in [4.69, 9.17) is 21.7 Å². The quantitative estimate of drug-likeness (QED) is 0.588. The summed E-state index contributed by atoms with van der Waals surface area (Å²) in [6.07, 6.45) is 0.164. The minimum Gasteiger partial charge on any atom is -0.497 e. The number of anilines is 1. The number of amides is 1. The van der Waals surface area contributed by atoms with Crippen molar-refractivity contribution in [3.05, 3.63) is 53.1 Å². The first kappa shape index (κ1) is 19.6. The third kappa shape index (κ3) is 4.37. The molecule has 1 amide bonds. The summed E-state index contributed by atoms with van der Waals surface area (Å²) in [5.74, 6) is 1.12. The number of hydrogen-bond acceptors (Lipinski definition) is 5. The van der Waals surface area contributed by atoms with E-state index in [0.29, 0.717) is 39.9 Å². The fourth-order valence-electron chi connectivity index (χ4n) is 2.67. The second-order valence-corrected chi connectivity index (χ2v) is 6.26. The predicted molar refractivity (Wildman–Crippen MR) is 106 cm³/mol. The maximum Gasteiger partial charge on any atom is 0.226 e. The summed E-state index contributed by atoms with van der Waals surface area (Å²) in [4.78, 5) is 12.4. The zero-order chi connectivity index (χ0) is 20.1. The molecule has 2 aromatic carbocycles. The van der Waals surface area contributed by atoms with Crippen LogP contribution in [0.25, 0.3) is 11.4 Å². The van der Waals surface area contributed by atoms with Crippen molar-refractivity contribution in [1.29, 1.82) is 0 Å². The van der Waals surface area contributed by atoms with E-state index >= 15 is 0 Å². The van der Waals surface area contributed by atoms with Crippen molar-refractivity contribution in [1.82, 2.24) is 14.8 Å². The molecular weight excluding hydrogens is 383 g/mol. The molecule has 0 fully saturated rings.